The summed E-state index contributed by atoms with van der Waals surface area (Å²) in [6, 6.07) is 1.34. The first-order valence-electron chi connectivity index (χ1n) is 8.49. The number of hydrogen-bond donors (Lipinski definition) is 1. The highest BCUT2D eigenvalue weighted by atomic mass is 15.2. The van der Waals surface area contributed by atoms with Crippen LogP contribution in [0.2, 0.25) is 0 Å². The third-order valence-corrected chi connectivity index (χ3v) is 4.49. The van der Waals surface area contributed by atoms with E-state index in [9.17, 15) is 0 Å². The molecule has 0 amide bonds. The van der Waals surface area contributed by atoms with Gasteiger partial charge in [-0.3, -0.25) is 4.90 Å². The van der Waals surface area contributed by atoms with E-state index in [1.54, 1.807) is 0 Å². The quantitative estimate of drug-likeness (QED) is 0.838. The predicted octanol–water partition coefficient (Wildman–Crippen LogP) is 2.62. The van der Waals surface area contributed by atoms with Crippen LogP contribution in [-0.2, 0) is 6.54 Å². The molecule has 4 heteroatoms. The van der Waals surface area contributed by atoms with Crippen LogP contribution >= 0.6 is 0 Å². The molecule has 0 bridgehead atoms. The number of aromatic nitrogens is 2. The van der Waals surface area contributed by atoms with Gasteiger partial charge in [0.05, 0.1) is 6.33 Å². The topological polar surface area (TPSA) is 33.1 Å². The number of rotatable bonds is 7. The smallest absolute Gasteiger partial charge is 0.0945 e. The van der Waals surface area contributed by atoms with E-state index in [0.717, 1.165) is 19.0 Å². The van der Waals surface area contributed by atoms with Gasteiger partial charge in [0.15, 0.2) is 0 Å². The van der Waals surface area contributed by atoms with Crippen LogP contribution in [0.15, 0.2) is 18.7 Å². The molecule has 1 saturated heterocycles. The van der Waals surface area contributed by atoms with E-state index in [2.05, 4.69) is 53.7 Å². The second kappa shape index (κ2) is 7.95. The molecule has 1 aromatic heterocycles. The maximum atomic E-state index is 4.11. The number of nitrogens with one attached hydrogen (secondary N) is 1. The molecule has 0 saturated carbocycles. The van der Waals surface area contributed by atoms with E-state index in [-0.39, 0.29) is 0 Å². The largest absolute Gasteiger partial charge is 0.337 e. The van der Waals surface area contributed by atoms with E-state index in [0.29, 0.717) is 18.0 Å². The van der Waals surface area contributed by atoms with Gasteiger partial charge in [-0.05, 0) is 24.7 Å². The van der Waals surface area contributed by atoms with Crippen molar-refractivity contribution in [3.05, 3.63) is 18.7 Å². The lowest BCUT2D eigenvalue weighted by molar-refractivity contribution is 0.0898. The lowest BCUT2D eigenvalue weighted by Crippen LogP contribution is -2.58. The maximum absolute atomic E-state index is 4.11. The Kier molecular flexibility index (Phi) is 6.24. The summed E-state index contributed by atoms with van der Waals surface area (Å²) >= 11 is 0. The standard InChI is InChI=1S/C17H32N4/c1-14(2)10-16-12-21(17(11-19-16)15(3)4)8-5-7-20-9-6-18-13-20/h6,9,13-17,19H,5,7-8,10-12H2,1-4H3. The molecule has 1 aliphatic heterocycles. The minimum atomic E-state index is 0.660. The fourth-order valence-corrected chi connectivity index (χ4v) is 3.42. The third kappa shape index (κ3) is 5.11. The number of nitrogens with zero attached hydrogens (tertiary/aromatic N) is 3. The summed E-state index contributed by atoms with van der Waals surface area (Å²) in [6.45, 7) is 13.9. The number of imidazole rings is 1. The summed E-state index contributed by atoms with van der Waals surface area (Å²) < 4.78 is 2.18. The Morgan fingerprint density at radius 2 is 2.05 bits per heavy atom. The minimum absolute atomic E-state index is 0.660. The normalized spacial score (nSPS) is 24.1. The van der Waals surface area contributed by atoms with Crippen molar-refractivity contribution in [1.29, 1.82) is 0 Å². The fraction of sp³-hybridized carbons (Fsp3) is 0.824. The second-order valence-electron chi connectivity index (χ2n) is 7.20. The molecule has 0 aromatic carbocycles. The van der Waals surface area contributed by atoms with Crippen molar-refractivity contribution in [2.45, 2.75) is 59.2 Å². The number of piperazine rings is 1. The van der Waals surface area contributed by atoms with Gasteiger partial charge >= 0.3 is 0 Å². The summed E-state index contributed by atoms with van der Waals surface area (Å²) in [4.78, 5) is 6.83. The molecule has 0 spiro atoms. The molecule has 2 atom stereocenters. The monoisotopic (exact) mass is 292 g/mol. The minimum Gasteiger partial charge on any atom is -0.337 e. The van der Waals surface area contributed by atoms with Crippen molar-refractivity contribution >= 4 is 0 Å². The van der Waals surface area contributed by atoms with Gasteiger partial charge in [-0.2, -0.15) is 0 Å². The lowest BCUT2D eigenvalue weighted by Gasteiger charge is -2.43. The van der Waals surface area contributed by atoms with Crippen molar-refractivity contribution in [3.63, 3.8) is 0 Å². The van der Waals surface area contributed by atoms with E-state index in [1.807, 2.05) is 12.5 Å². The van der Waals surface area contributed by atoms with E-state index < -0.39 is 0 Å². The van der Waals surface area contributed by atoms with E-state index in [4.69, 9.17) is 0 Å². The van der Waals surface area contributed by atoms with Crippen LogP contribution in [0, 0.1) is 11.8 Å². The molecule has 1 fully saturated rings. The van der Waals surface area contributed by atoms with Gasteiger partial charge in [-0.15, -0.1) is 0 Å². The number of aryl methyl sites for hydroxylation is 1. The van der Waals surface area contributed by atoms with Crippen molar-refractivity contribution in [2.24, 2.45) is 11.8 Å². The Labute approximate surface area is 129 Å². The summed E-state index contributed by atoms with van der Waals surface area (Å²) in [5, 5.41) is 3.76. The summed E-state index contributed by atoms with van der Waals surface area (Å²) in [5.41, 5.74) is 0. The van der Waals surface area contributed by atoms with Crippen LogP contribution in [0.25, 0.3) is 0 Å². The van der Waals surface area contributed by atoms with Crippen LogP contribution in [0.4, 0.5) is 0 Å². The highest BCUT2D eigenvalue weighted by molar-refractivity contribution is 4.88. The van der Waals surface area contributed by atoms with Gasteiger partial charge in [0, 0.05) is 50.7 Å². The van der Waals surface area contributed by atoms with Crippen LogP contribution < -0.4 is 5.32 Å². The van der Waals surface area contributed by atoms with E-state index >= 15 is 0 Å². The molecular weight excluding hydrogens is 260 g/mol. The molecule has 4 nitrogen and oxygen atoms in total. The molecule has 21 heavy (non-hydrogen) atoms. The highest BCUT2D eigenvalue weighted by Gasteiger charge is 2.29. The van der Waals surface area contributed by atoms with Gasteiger partial charge in [-0.25, -0.2) is 4.98 Å². The average Bonchev–Trinajstić information content (AvgIpc) is 2.91. The van der Waals surface area contributed by atoms with Crippen molar-refractivity contribution in [3.8, 4) is 0 Å². The molecule has 0 radical (unpaired) electrons. The molecule has 120 valence electrons. The number of hydrogen-bond acceptors (Lipinski definition) is 3. The molecule has 2 unspecified atom stereocenters. The molecule has 1 aliphatic rings. The van der Waals surface area contributed by atoms with Crippen LogP contribution in [0.1, 0.15) is 40.5 Å². The first kappa shape index (κ1) is 16.5. The Balaban J connectivity index is 1.84. The Morgan fingerprint density at radius 3 is 2.67 bits per heavy atom. The van der Waals surface area contributed by atoms with Gasteiger partial charge in [-0.1, -0.05) is 27.7 Å². The van der Waals surface area contributed by atoms with Crippen LogP contribution in [0.3, 0.4) is 0 Å². The highest BCUT2D eigenvalue weighted by Crippen LogP contribution is 2.18. The zero-order valence-electron chi connectivity index (χ0n) is 14.1. The first-order chi connectivity index (χ1) is 10.1. The zero-order valence-corrected chi connectivity index (χ0v) is 14.1. The first-order valence-corrected chi connectivity index (χ1v) is 8.49. The maximum Gasteiger partial charge on any atom is 0.0945 e. The van der Waals surface area contributed by atoms with Gasteiger partial charge < -0.3 is 9.88 Å². The Hall–Kier alpha value is -0.870. The zero-order chi connectivity index (χ0) is 15.2. The van der Waals surface area contributed by atoms with Gasteiger partial charge in [0.2, 0.25) is 0 Å². The van der Waals surface area contributed by atoms with Crippen molar-refractivity contribution in [2.75, 3.05) is 19.6 Å². The Bertz CT molecular complexity index is 386. The van der Waals surface area contributed by atoms with E-state index in [1.165, 1.54) is 25.9 Å². The molecule has 1 aromatic rings. The fourth-order valence-electron chi connectivity index (χ4n) is 3.42. The van der Waals surface area contributed by atoms with Crippen LogP contribution in [-0.4, -0.2) is 46.2 Å². The SMILES string of the molecule is CC(C)CC1CN(CCCn2ccnc2)C(C(C)C)CN1. The van der Waals surface area contributed by atoms with Crippen molar-refractivity contribution in [1.82, 2.24) is 19.8 Å². The molecule has 2 rings (SSSR count). The summed E-state index contributed by atoms with van der Waals surface area (Å²) in [5.74, 6) is 1.48. The lowest BCUT2D eigenvalue weighted by atomic mass is 9.95. The second-order valence-corrected chi connectivity index (χ2v) is 7.20. The predicted molar refractivity (Wildman–Crippen MR) is 88.3 cm³/mol. The molecule has 2 heterocycles. The van der Waals surface area contributed by atoms with Crippen molar-refractivity contribution < 1.29 is 0 Å². The molecule has 1 N–H and O–H groups in total. The van der Waals surface area contributed by atoms with Gasteiger partial charge in [0.1, 0.15) is 0 Å². The summed E-state index contributed by atoms with van der Waals surface area (Å²) in [7, 11) is 0. The Morgan fingerprint density at radius 1 is 1.24 bits per heavy atom. The third-order valence-electron chi connectivity index (χ3n) is 4.49. The van der Waals surface area contributed by atoms with Crippen LogP contribution in [0.5, 0.6) is 0 Å². The summed E-state index contributed by atoms with van der Waals surface area (Å²) in [6.07, 6.45) is 8.32. The molecule has 0 aliphatic carbocycles. The van der Waals surface area contributed by atoms with Gasteiger partial charge in [0.25, 0.3) is 0 Å². The average molecular weight is 292 g/mol. The molecular formula is C17H32N4.